The molecule has 0 saturated carbocycles. The van der Waals surface area contributed by atoms with Crippen LogP contribution in [0.3, 0.4) is 0 Å². The van der Waals surface area contributed by atoms with E-state index in [1.807, 2.05) is 6.07 Å². The zero-order chi connectivity index (χ0) is 19.8. The highest BCUT2D eigenvalue weighted by Crippen LogP contribution is 2.19. The lowest BCUT2D eigenvalue weighted by Gasteiger charge is -2.25. The van der Waals surface area contributed by atoms with E-state index in [4.69, 9.17) is 5.11 Å². The molecular formula is C20H21FN2O4. The minimum absolute atomic E-state index is 0.0347. The second kappa shape index (κ2) is 9.47. The predicted molar refractivity (Wildman–Crippen MR) is 97.1 cm³/mol. The Labute approximate surface area is 156 Å². The molecule has 27 heavy (non-hydrogen) atoms. The molecule has 2 aromatic carbocycles. The normalized spacial score (nSPS) is 11.5. The van der Waals surface area contributed by atoms with Gasteiger partial charge in [0.1, 0.15) is 12.4 Å². The fraction of sp³-hybridized carbons (Fsp3) is 0.250. The van der Waals surface area contributed by atoms with Gasteiger partial charge in [0.2, 0.25) is 11.8 Å². The molecule has 0 aliphatic rings. The van der Waals surface area contributed by atoms with Crippen molar-refractivity contribution < 1.29 is 23.9 Å². The van der Waals surface area contributed by atoms with E-state index in [9.17, 15) is 18.8 Å². The molecule has 2 N–H and O–H groups in total. The van der Waals surface area contributed by atoms with Gasteiger partial charge in [-0.25, -0.2) is 4.39 Å². The molecule has 1 unspecified atom stereocenters. The SMILES string of the molecule is CC(=O)NC(CC(=O)N(CC(=O)O)Cc1ccc(F)cc1)c1ccccc1. The third-order valence-corrected chi connectivity index (χ3v) is 3.92. The Morgan fingerprint density at radius 2 is 1.70 bits per heavy atom. The summed E-state index contributed by atoms with van der Waals surface area (Å²) >= 11 is 0. The first-order chi connectivity index (χ1) is 12.8. The van der Waals surface area contributed by atoms with E-state index >= 15 is 0 Å². The maximum absolute atomic E-state index is 13.1. The maximum Gasteiger partial charge on any atom is 0.323 e. The van der Waals surface area contributed by atoms with Gasteiger partial charge in [-0.1, -0.05) is 42.5 Å². The van der Waals surface area contributed by atoms with Crippen molar-refractivity contribution >= 4 is 17.8 Å². The summed E-state index contributed by atoms with van der Waals surface area (Å²) < 4.78 is 13.1. The van der Waals surface area contributed by atoms with Crippen LogP contribution >= 0.6 is 0 Å². The molecule has 2 amide bonds. The molecule has 0 radical (unpaired) electrons. The number of nitrogens with one attached hydrogen (secondary N) is 1. The van der Waals surface area contributed by atoms with E-state index in [0.717, 1.165) is 5.56 Å². The zero-order valence-corrected chi connectivity index (χ0v) is 14.9. The molecule has 0 aliphatic heterocycles. The van der Waals surface area contributed by atoms with Crippen molar-refractivity contribution in [3.63, 3.8) is 0 Å². The summed E-state index contributed by atoms with van der Waals surface area (Å²) in [4.78, 5) is 36.6. The Morgan fingerprint density at radius 1 is 1.07 bits per heavy atom. The van der Waals surface area contributed by atoms with Gasteiger partial charge in [0.15, 0.2) is 0 Å². The molecular weight excluding hydrogens is 351 g/mol. The van der Waals surface area contributed by atoms with E-state index in [-0.39, 0.29) is 18.9 Å². The highest BCUT2D eigenvalue weighted by molar-refractivity contribution is 5.82. The molecule has 6 nitrogen and oxygen atoms in total. The van der Waals surface area contributed by atoms with E-state index in [0.29, 0.717) is 5.56 Å². The molecule has 0 aliphatic carbocycles. The van der Waals surface area contributed by atoms with Crippen LogP contribution in [0.2, 0.25) is 0 Å². The lowest BCUT2D eigenvalue weighted by atomic mass is 10.0. The van der Waals surface area contributed by atoms with Gasteiger partial charge in [-0.2, -0.15) is 0 Å². The Kier molecular flexibility index (Phi) is 7.05. The predicted octanol–water partition coefficient (Wildman–Crippen LogP) is 2.51. The average molecular weight is 372 g/mol. The van der Waals surface area contributed by atoms with Crippen molar-refractivity contribution in [1.82, 2.24) is 10.2 Å². The van der Waals surface area contributed by atoms with Gasteiger partial charge in [-0.05, 0) is 23.3 Å². The molecule has 0 saturated heterocycles. The van der Waals surface area contributed by atoms with Gasteiger partial charge in [0.05, 0.1) is 12.5 Å². The summed E-state index contributed by atoms with van der Waals surface area (Å²) in [6.07, 6.45) is -0.0852. The summed E-state index contributed by atoms with van der Waals surface area (Å²) in [5, 5.41) is 11.9. The highest BCUT2D eigenvalue weighted by atomic mass is 19.1. The van der Waals surface area contributed by atoms with Gasteiger partial charge in [-0.15, -0.1) is 0 Å². The molecule has 1 atom stereocenters. The van der Waals surface area contributed by atoms with Gasteiger partial charge < -0.3 is 15.3 Å². The number of carbonyl (C=O) groups excluding carboxylic acids is 2. The third-order valence-electron chi connectivity index (χ3n) is 3.92. The van der Waals surface area contributed by atoms with E-state index in [2.05, 4.69) is 5.32 Å². The van der Waals surface area contributed by atoms with Crippen LogP contribution in [0.4, 0.5) is 4.39 Å². The molecule has 2 aromatic rings. The van der Waals surface area contributed by atoms with Crippen LogP contribution in [0, 0.1) is 5.82 Å². The monoisotopic (exact) mass is 372 g/mol. The quantitative estimate of drug-likeness (QED) is 0.745. The van der Waals surface area contributed by atoms with Crippen molar-refractivity contribution in [3.8, 4) is 0 Å². The summed E-state index contributed by atoms with van der Waals surface area (Å²) in [5.41, 5.74) is 1.36. The van der Waals surface area contributed by atoms with E-state index in [1.165, 1.54) is 36.1 Å². The fourth-order valence-electron chi connectivity index (χ4n) is 2.69. The van der Waals surface area contributed by atoms with Crippen LogP contribution in [0.5, 0.6) is 0 Å². The molecule has 0 fully saturated rings. The standard InChI is InChI=1S/C20H21FN2O4/c1-14(24)22-18(16-5-3-2-4-6-16)11-19(25)23(13-20(26)27)12-15-7-9-17(21)10-8-15/h2-10,18H,11-13H2,1H3,(H,22,24)(H,26,27). The number of nitrogens with zero attached hydrogens (tertiary/aromatic N) is 1. The molecule has 2 rings (SSSR count). The topological polar surface area (TPSA) is 86.7 Å². The molecule has 7 heteroatoms. The van der Waals surface area contributed by atoms with Gasteiger partial charge in [0.25, 0.3) is 0 Å². The maximum atomic E-state index is 13.1. The van der Waals surface area contributed by atoms with Crippen LogP contribution in [0.1, 0.15) is 30.5 Å². The number of rotatable bonds is 8. The molecule has 0 heterocycles. The average Bonchev–Trinajstić information content (AvgIpc) is 2.62. The van der Waals surface area contributed by atoms with Crippen molar-refractivity contribution in [3.05, 3.63) is 71.5 Å². The molecule has 0 aromatic heterocycles. The molecule has 0 spiro atoms. The Hall–Kier alpha value is -3.22. The minimum Gasteiger partial charge on any atom is -0.480 e. The summed E-state index contributed by atoms with van der Waals surface area (Å²) in [7, 11) is 0. The Balaban J connectivity index is 2.17. The Bertz CT molecular complexity index is 793. The van der Waals surface area contributed by atoms with Crippen LogP contribution in [-0.4, -0.2) is 34.3 Å². The number of benzene rings is 2. The summed E-state index contributed by atoms with van der Waals surface area (Å²) in [6.45, 7) is 0.902. The van der Waals surface area contributed by atoms with E-state index < -0.39 is 30.3 Å². The number of carboxylic acid groups (broad SMARTS) is 1. The number of hydrogen-bond donors (Lipinski definition) is 2. The highest BCUT2D eigenvalue weighted by Gasteiger charge is 2.23. The summed E-state index contributed by atoms with van der Waals surface area (Å²) in [5.74, 6) is -2.28. The van der Waals surface area contributed by atoms with Crippen LogP contribution in [0.25, 0.3) is 0 Å². The summed E-state index contributed by atoms with van der Waals surface area (Å²) in [6, 6.07) is 13.9. The zero-order valence-electron chi connectivity index (χ0n) is 14.9. The number of halogens is 1. The van der Waals surface area contributed by atoms with Gasteiger partial charge >= 0.3 is 5.97 Å². The van der Waals surface area contributed by atoms with Crippen molar-refractivity contribution in [2.45, 2.75) is 25.9 Å². The lowest BCUT2D eigenvalue weighted by molar-refractivity contribution is -0.145. The third kappa shape index (κ3) is 6.54. The first-order valence-electron chi connectivity index (χ1n) is 8.41. The fourth-order valence-corrected chi connectivity index (χ4v) is 2.69. The smallest absolute Gasteiger partial charge is 0.323 e. The van der Waals surface area contributed by atoms with Crippen molar-refractivity contribution in [2.75, 3.05) is 6.54 Å². The first kappa shape index (κ1) is 20.1. The van der Waals surface area contributed by atoms with Crippen molar-refractivity contribution in [1.29, 1.82) is 0 Å². The van der Waals surface area contributed by atoms with Gasteiger partial charge in [-0.3, -0.25) is 14.4 Å². The van der Waals surface area contributed by atoms with Crippen LogP contribution in [0.15, 0.2) is 54.6 Å². The lowest BCUT2D eigenvalue weighted by Crippen LogP contribution is -2.38. The largest absolute Gasteiger partial charge is 0.480 e. The molecule has 142 valence electrons. The molecule has 0 bridgehead atoms. The minimum atomic E-state index is -1.15. The van der Waals surface area contributed by atoms with Crippen molar-refractivity contribution in [2.24, 2.45) is 0 Å². The first-order valence-corrected chi connectivity index (χ1v) is 8.41. The van der Waals surface area contributed by atoms with Gasteiger partial charge in [0, 0.05) is 13.5 Å². The van der Waals surface area contributed by atoms with E-state index in [1.54, 1.807) is 24.3 Å². The number of aliphatic carboxylic acids is 1. The second-order valence-corrected chi connectivity index (χ2v) is 6.14. The van der Waals surface area contributed by atoms with Crippen LogP contribution < -0.4 is 5.32 Å². The number of carbonyl (C=O) groups is 3. The van der Waals surface area contributed by atoms with Crippen LogP contribution in [-0.2, 0) is 20.9 Å². The Morgan fingerprint density at radius 3 is 2.26 bits per heavy atom. The number of amides is 2. The number of hydrogen-bond acceptors (Lipinski definition) is 3. The second-order valence-electron chi connectivity index (χ2n) is 6.14. The number of carboxylic acids is 1.